The van der Waals surface area contributed by atoms with E-state index in [2.05, 4.69) is 15.2 Å². The number of ether oxygens (including phenoxy) is 3. The van der Waals surface area contributed by atoms with Crippen molar-refractivity contribution >= 4 is 18.2 Å². The van der Waals surface area contributed by atoms with E-state index in [1.165, 1.54) is 6.07 Å². The van der Waals surface area contributed by atoms with Gasteiger partial charge in [0.05, 0.1) is 19.4 Å². The van der Waals surface area contributed by atoms with E-state index < -0.39 is 6.61 Å². The molecule has 198 valence electrons. The number of hydrogen-bond acceptors (Lipinski definition) is 7. The number of carbonyl (C=O) groups is 2. The third kappa shape index (κ3) is 7.20. The van der Waals surface area contributed by atoms with Gasteiger partial charge >= 0.3 is 12.7 Å². The molecule has 1 saturated carbocycles. The van der Waals surface area contributed by atoms with E-state index in [0.29, 0.717) is 63.6 Å². The van der Waals surface area contributed by atoms with Crippen LogP contribution in [-0.4, -0.2) is 79.7 Å². The smallest absolute Gasteiger partial charge is 0.409 e. The van der Waals surface area contributed by atoms with E-state index in [0.717, 1.165) is 19.3 Å². The van der Waals surface area contributed by atoms with Crippen molar-refractivity contribution in [2.75, 3.05) is 32.8 Å². The monoisotopic (exact) mass is 508 g/mol. The summed E-state index contributed by atoms with van der Waals surface area (Å²) in [7, 11) is 0. The summed E-state index contributed by atoms with van der Waals surface area (Å²) in [6.07, 6.45) is 6.35. The SMILES string of the molecule is CCOC(=O)N1CCC(NC(=O)[C@@H]2CCCN2/N=C/c2ccc(OC(F)F)c(OCC3CC3)c2)CC1. The van der Waals surface area contributed by atoms with Crippen molar-refractivity contribution in [2.45, 2.75) is 64.1 Å². The predicted molar refractivity (Wildman–Crippen MR) is 128 cm³/mol. The van der Waals surface area contributed by atoms with Gasteiger partial charge in [-0.1, -0.05) is 0 Å². The fraction of sp³-hybridized carbons (Fsp3) is 0.640. The third-order valence-electron chi connectivity index (χ3n) is 6.60. The van der Waals surface area contributed by atoms with E-state index in [4.69, 9.17) is 9.47 Å². The lowest BCUT2D eigenvalue weighted by Gasteiger charge is -2.32. The average molecular weight is 509 g/mol. The molecule has 2 amide bonds. The van der Waals surface area contributed by atoms with Gasteiger partial charge in [-0.15, -0.1) is 0 Å². The minimum atomic E-state index is -2.94. The molecule has 0 aromatic heterocycles. The minimum Gasteiger partial charge on any atom is -0.489 e. The number of likely N-dealkylation sites (tertiary alicyclic amines) is 1. The third-order valence-corrected chi connectivity index (χ3v) is 6.60. The largest absolute Gasteiger partial charge is 0.489 e. The van der Waals surface area contributed by atoms with Gasteiger partial charge in [0.1, 0.15) is 6.04 Å². The second-order valence-electron chi connectivity index (χ2n) is 9.37. The molecule has 9 nitrogen and oxygen atoms in total. The summed E-state index contributed by atoms with van der Waals surface area (Å²) in [6, 6.07) is 4.34. The van der Waals surface area contributed by atoms with E-state index in [1.54, 1.807) is 35.2 Å². The van der Waals surface area contributed by atoms with Crippen LogP contribution in [0.3, 0.4) is 0 Å². The van der Waals surface area contributed by atoms with Gasteiger partial charge in [0.25, 0.3) is 0 Å². The van der Waals surface area contributed by atoms with Crippen LogP contribution < -0.4 is 14.8 Å². The summed E-state index contributed by atoms with van der Waals surface area (Å²) in [5.41, 5.74) is 0.666. The van der Waals surface area contributed by atoms with Crippen molar-refractivity contribution in [2.24, 2.45) is 11.0 Å². The molecule has 11 heteroatoms. The summed E-state index contributed by atoms with van der Waals surface area (Å²) < 4.78 is 40.9. The first-order chi connectivity index (χ1) is 17.4. The van der Waals surface area contributed by atoms with Crippen molar-refractivity contribution in [3.8, 4) is 11.5 Å². The zero-order valence-corrected chi connectivity index (χ0v) is 20.5. The molecule has 2 heterocycles. The van der Waals surface area contributed by atoms with Crippen LogP contribution in [-0.2, 0) is 9.53 Å². The highest BCUT2D eigenvalue weighted by Gasteiger charge is 2.32. The van der Waals surface area contributed by atoms with Crippen LogP contribution >= 0.6 is 0 Å². The molecule has 0 radical (unpaired) electrons. The second-order valence-corrected chi connectivity index (χ2v) is 9.37. The van der Waals surface area contributed by atoms with E-state index in [-0.39, 0.29) is 35.6 Å². The molecular formula is C25H34F2N4O5. The molecule has 0 spiro atoms. The second kappa shape index (κ2) is 12.2. The maximum atomic E-state index is 13.0. The molecule has 36 heavy (non-hydrogen) atoms. The van der Waals surface area contributed by atoms with Crippen LogP contribution in [0.15, 0.2) is 23.3 Å². The Bertz CT molecular complexity index is 935. The summed E-state index contributed by atoms with van der Waals surface area (Å²) in [4.78, 5) is 26.5. The molecule has 2 aliphatic heterocycles. The molecular weight excluding hydrogens is 474 g/mol. The van der Waals surface area contributed by atoms with Gasteiger partial charge in [0.2, 0.25) is 5.91 Å². The lowest BCUT2D eigenvalue weighted by atomic mass is 10.0. The topological polar surface area (TPSA) is 92.7 Å². The fourth-order valence-electron chi connectivity index (χ4n) is 4.42. The fourth-order valence-corrected chi connectivity index (χ4v) is 4.42. The number of halogens is 2. The van der Waals surface area contributed by atoms with Crippen LogP contribution in [0.25, 0.3) is 0 Å². The van der Waals surface area contributed by atoms with Crippen molar-refractivity contribution in [1.82, 2.24) is 15.2 Å². The average Bonchev–Trinajstić information content (AvgIpc) is 3.57. The molecule has 0 bridgehead atoms. The van der Waals surface area contributed by atoms with Crippen molar-refractivity contribution in [1.29, 1.82) is 0 Å². The van der Waals surface area contributed by atoms with Crippen LogP contribution in [0, 0.1) is 5.92 Å². The number of piperidine rings is 1. The number of hydrogen-bond donors (Lipinski definition) is 1. The number of rotatable bonds is 10. The molecule has 1 N–H and O–H groups in total. The number of carbonyl (C=O) groups excluding carboxylic acids is 2. The highest BCUT2D eigenvalue weighted by Crippen LogP contribution is 2.34. The van der Waals surface area contributed by atoms with Crippen LogP contribution in [0.5, 0.6) is 11.5 Å². The summed E-state index contributed by atoms with van der Waals surface area (Å²) in [6.45, 7) is 1.39. The number of nitrogens with one attached hydrogen (secondary N) is 1. The molecule has 0 unspecified atom stereocenters. The van der Waals surface area contributed by atoms with E-state index in [1.807, 2.05) is 0 Å². The van der Waals surface area contributed by atoms with Gasteiger partial charge in [-0.3, -0.25) is 9.80 Å². The van der Waals surface area contributed by atoms with E-state index in [9.17, 15) is 18.4 Å². The summed E-state index contributed by atoms with van der Waals surface area (Å²) in [5, 5.41) is 9.39. The molecule has 1 aromatic carbocycles. The Hall–Kier alpha value is -3.11. The summed E-state index contributed by atoms with van der Waals surface area (Å²) in [5.74, 6) is 0.641. The zero-order chi connectivity index (χ0) is 25.5. The van der Waals surface area contributed by atoms with Crippen LogP contribution in [0.1, 0.15) is 51.0 Å². The van der Waals surface area contributed by atoms with Crippen molar-refractivity contribution in [3.05, 3.63) is 23.8 Å². The molecule has 3 aliphatic rings. The van der Waals surface area contributed by atoms with Crippen LogP contribution in [0.4, 0.5) is 13.6 Å². The Balaban J connectivity index is 1.32. The Morgan fingerprint density at radius 2 is 1.92 bits per heavy atom. The molecule has 2 saturated heterocycles. The van der Waals surface area contributed by atoms with Gasteiger partial charge in [0, 0.05) is 25.7 Å². The number of amides is 2. The lowest BCUT2D eigenvalue weighted by Crippen LogP contribution is -2.50. The first-order valence-electron chi connectivity index (χ1n) is 12.7. The Morgan fingerprint density at radius 1 is 1.14 bits per heavy atom. The molecule has 3 fully saturated rings. The van der Waals surface area contributed by atoms with Crippen molar-refractivity contribution in [3.63, 3.8) is 0 Å². The first kappa shape index (κ1) is 26.0. The highest BCUT2D eigenvalue weighted by molar-refractivity contribution is 5.84. The van der Waals surface area contributed by atoms with Gasteiger partial charge in [0.15, 0.2) is 11.5 Å². The zero-order valence-electron chi connectivity index (χ0n) is 20.5. The van der Waals surface area contributed by atoms with Gasteiger partial charge in [-0.25, -0.2) is 4.79 Å². The van der Waals surface area contributed by atoms with Gasteiger partial charge in [-0.05, 0) is 75.1 Å². The number of hydrazone groups is 1. The van der Waals surface area contributed by atoms with E-state index >= 15 is 0 Å². The Morgan fingerprint density at radius 3 is 2.61 bits per heavy atom. The predicted octanol–water partition coefficient (Wildman–Crippen LogP) is 3.61. The summed E-state index contributed by atoms with van der Waals surface area (Å²) >= 11 is 0. The van der Waals surface area contributed by atoms with Crippen molar-refractivity contribution < 1.29 is 32.6 Å². The molecule has 4 rings (SSSR count). The maximum Gasteiger partial charge on any atom is 0.409 e. The molecule has 1 atom stereocenters. The van der Waals surface area contributed by atoms with Gasteiger partial charge in [-0.2, -0.15) is 13.9 Å². The number of benzene rings is 1. The quantitative estimate of drug-likeness (QED) is 0.486. The minimum absolute atomic E-state index is 0.00293. The number of alkyl halides is 2. The van der Waals surface area contributed by atoms with Gasteiger partial charge < -0.3 is 24.4 Å². The standard InChI is InChI=1S/C25H34F2N4O5/c1-2-34-25(33)30-12-9-19(10-13-30)29-23(32)20-4-3-11-31(20)28-15-18-7-8-21(36-24(26)27)22(14-18)35-16-17-5-6-17/h7-8,14-15,17,19-20,24H,2-6,9-13,16H2,1H3,(H,29,32)/b28-15+/t20-/m0/s1. The number of nitrogens with zero attached hydrogens (tertiary/aromatic N) is 3. The first-order valence-corrected chi connectivity index (χ1v) is 12.7. The van der Waals surface area contributed by atoms with Crippen LogP contribution in [0.2, 0.25) is 0 Å². The molecule has 1 aliphatic carbocycles. The normalized spacial score (nSPS) is 20.7. The molecule has 1 aromatic rings. The lowest BCUT2D eigenvalue weighted by molar-refractivity contribution is -0.126. The Labute approximate surface area is 209 Å². The highest BCUT2D eigenvalue weighted by atomic mass is 19.3. The Kier molecular flexibility index (Phi) is 8.82. The maximum absolute atomic E-state index is 13.0.